The van der Waals surface area contributed by atoms with E-state index in [1.807, 2.05) is 31.2 Å². The predicted octanol–water partition coefficient (Wildman–Crippen LogP) is 5.11. The van der Waals surface area contributed by atoms with Crippen LogP contribution in [0.3, 0.4) is 0 Å². The summed E-state index contributed by atoms with van der Waals surface area (Å²) in [7, 11) is 2.96. The molecule has 1 aromatic heterocycles. The first-order valence-electron chi connectivity index (χ1n) is 8.43. The van der Waals surface area contributed by atoms with E-state index in [1.165, 1.54) is 26.5 Å². The lowest BCUT2D eigenvalue weighted by Crippen LogP contribution is -2.12. The lowest BCUT2D eigenvalue weighted by atomic mass is 10.2. The Bertz CT molecular complexity index is 973. The average molecular weight is 399 g/mol. The fourth-order valence-corrected chi connectivity index (χ4v) is 2.78. The van der Waals surface area contributed by atoms with Gasteiger partial charge in [0.15, 0.2) is 11.5 Å². The van der Waals surface area contributed by atoms with Crippen molar-refractivity contribution >= 4 is 23.2 Å². The van der Waals surface area contributed by atoms with E-state index < -0.39 is 0 Å². The monoisotopic (exact) mass is 398 g/mol. The van der Waals surface area contributed by atoms with Crippen LogP contribution in [0.5, 0.6) is 23.1 Å². The molecule has 3 aromatic rings. The van der Waals surface area contributed by atoms with Crippen LogP contribution in [0.25, 0.3) is 0 Å². The minimum Gasteiger partial charge on any atom is -0.493 e. The Labute approximate surface area is 168 Å². The van der Waals surface area contributed by atoms with Crippen molar-refractivity contribution in [3.63, 3.8) is 0 Å². The van der Waals surface area contributed by atoms with Gasteiger partial charge >= 0.3 is 0 Å². The van der Waals surface area contributed by atoms with Crippen molar-refractivity contribution < 1.29 is 19.0 Å². The van der Waals surface area contributed by atoms with E-state index in [1.54, 1.807) is 18.2 Å². The van der Waals surface area contributed by atoms with Crippen LogP contribution in [0, 0.1) is 6.92 Å². The molecule has 1 N–H and O–H groups in total. The van der Waals surface area contributed by atoms with E-state index >= 15 is 0 Å². The molecule has 2 aromatic carbocycles. The average Bonchev–Trinajstić information content (AvgIpc) is 2.70. The van der Waals surface area contributed by atoms with E-state index in [9.17, 15) is 4.79 Å². The number of nitrogens with zero attached hydrogens (tertiary/aromatic N) is 1. The number of anilines is 1. The summed E-state index contributed by atoms with van der Waals surface area (Å²) >= 11 is 6.15. The molecule has 0 aliphatic rings. The first-order valence-corrected chi connectivity index (χ1v) is 8.81. The summed E-state index contributed by atoms with van der Waals surface area (Å²) in [6.45, 7) is 2.01. The topological polar surface area (TPSA) is 69.7 Å². The number of carbonyl (C=O) groups excluding carboxylic acids is 1. The van der Waals surface area contributed by atoms with Crippen molar-refractivity contribution in [3.8, 4) is 23.1 Å². The van der Waals surface area contributed by atoms with Crippen LogP contribution in [0.4, 0.5) is 5.69 Å². The first-order chi connectivity index (χ1) is 13.5. The molecule has 1 amide bonds. The molecular weight excluding hydrogens is 380 g/mol. The van der Waals surface area contributed by atoms with E-state index in [-0.39, 0.29) is 10.9 Å². The highest BCUT2D eigenvalue weighted by Crippen LogP contribution is 2.36. The van der Waals surface area contributed by atoms with Crippen molar-refractivity contribution in [2.24, 2.45) is 0 Å². The number of aryl methyl sites for hydroxylation is 1. The number of ether oxygens (including phenoxy) is 3. The third-order valence-corrected chi connectivity index (χ3v) is 4.21. The number of amides is 1. The van der Waals surface area contributed by atoms with Crippen molar-refractivity contribution in [1.29, 1.82) is 0 Å². The van der Waals surface area contributed by atoms with Crippen LogP contribution in [0.1, 0.15) is 15.9 Å². The Morgan fingerprint density at radius 3 is 2.39 bits per heavy atom. The number of hydrogen-bond acceptors (Lipinski definition) is 5. The smallest absolute Gasteiger partial charge is 0.255 e. The van der Waals surface area contributed by atoms with Crippen molar-refractivity contribution in [2.75, 3.05) is 19.5 Å². The predicted molar refractivity (Wildman–Crippen MR) is 108 cm³/mol. The second-order valence-electron chi connectivity index (χ2n) is 5.95. The molecule has 0 radical (unpaired) electrons. The molecule has 0 unspecified atom stereocenters. The van der Waals surface area contributed by atoms with Crippen LogP contribution >= 0.6 is 11.6 Å². The number of halogens is 1. The molecular formula is C21H19ClN2O4. The van der Waals surface area contributed by atoms with Gasteiger partial charge in [0.05, 0.1) is 31.1 Å². The molecule has 0 saturated carbocycles. The van der Waals surface area contributed by atoms with Crippen LogP contribution in [-0.4, -0.2) is 25.1 Å². The minimum atomic E-state index is -0.350. The van der Waals surface area contributed by atoms with Gasteiger partial charge in [-0.25, -0.2) is 4.98 Å². The Morgan fingerprint density at radius 1 is 1.04 bits per heavy atom. The number of rotatable bonds is 6. The molecule has 0 fully saturated rings. The van der Waals surface area contributed by atoms with Gasteiger partial charge in [-0.05, 0) is 37.3 Å². The lowest BCUT2D eigenvalue weighted by molar-refractivity contribution is 0.102. The molecule has 0 atom stereocenters. The van der Waals surface area contributed by atoms with Gasteiger partial charge in [-0.3, -0.25) is 4.79 Å². The molecule has 0 bridgehead atoms. The molecule has 7 heteroatoms. The van der Waals surface area contributed by atoms with Crippen molar-refractivity contribution in [1.82, 2.24) is 4.98 Å². The van der Waals surface area contributed by atoms with Crippen molar-refractivity contribution in [2.45, 2.75) is 6.92 Å². The number of benzene rings is 2. The third-order valence-electron chi connectivity index (χ3n) is 3.93. The van der Waals surface area contributed by atoms with Crippen LogP contribution in [0.2, 0.25) is 5.02 Å². The number of nitrogens with one attached hydrogen (secondary N) is 1. The maximum atomic E-state index is 12.5. The second kappa shape index (κ2) is 8.63. The van der Waals surface area contributed by atoms with Gasteiger partial charge in [-0.15, -0.1) is 0 Å². The van der Waals surface area contributed by atoms with E-state index in [0.717, 1.165) is 5.56 Å². The second-order valence-corrected chi connectivity index (χ2v) is 6.36. The zero-order valence-electron chi connectivity index (χ0n) is 15.7. The van der Waals surface area contributed by atoms with Gasteiger partial charge in [-0.2, -0.15) is 0 Å². The number of carbonyl (C=O) groups is 1. The van der Waals surface area contributed by atoms with Gasteiger partial charge in [0.2, 0.25) is 5.88 Å². The summed E-state index contributed by atoms with van der Waals surface area (Å²) < 4.78 is 16.1. The maximum Gasteiger partial charge on any atom is 0.255 e. The van der Waals surface area contributed by atoms with Gasteiger partial charge in [-0.1, -0.05) is 29.3 Å². The summed E-state index contributed by atoms with van der Waals surface area (Å²) in [6.07, 6.45) is 1.52. The Morgan fingerprint density at radius 2 is 1.79 bits per heavy atom. The largest absolute Gasteiger partial charge is 0.493 e. The highest BCUT2D eigenvalue weighted by Gasteiger charge is 2.15. The molecule has 0 spiro atoms. The zero-order chi connectivity index (χ0) is 20.1. The molecule has 0 aliphatic carbocycles. The minimum absolute atomic E-state index is 0.284. The van der Waals surface area contributed by atoms with Gasteiger partial charge in [0.25, 0.3) is 5.91 Å². The molecule has 0 saturated heterocycles. The SMILES string of the molecule is COc1cc(C(=O)Nc2ccc(Oc3ccc(C)cc3)nc2)cc(Cl)c1OC. The Balaban J connectivity index is 1.70. The molecule has 3 rings (SSSR count). The quantitative estimate of drug-likeness (QED) is 0.625. The van der Waals surface area contributed by atoms with E-state index in [0.29, 0.717) is 34.4 Å². The third kappa shape index (κ3) is 4.53. The van der Waals surface area contributed by atoms with Crippen LogP contribution < -0.4 is 19.5 Å². The van der Waals surface area contributed by atoms with Gasteiger partial charge < -0.3 is 19.5 Å². The normalized spacial score (nSPS) is 10.3. The summed E-state index contributed by atoms with van der Waals surface area (Å²) in [4.78, 5) is 16.7. The molecule has 6 nitrogen and oxygen atoms in total. The number of pyridine rings is 1. The summed E-state index contributed by atoms with van der Waals surface area (Å²) in [6, 6.07) is 14.1. The lowest BCUT2D eigenvalue weighted by Gasteiger charge is -2.12. The standard InChI is InChI=1S/C21H19ClN2O4/c1-13-4-7-16(8-5-13)28-19-9-6-15(12-23-19)24-21(25)14-10-17(22)20(27-3)18(11-14)26-2/h4-12H,1-3H3,(H,24,25). The fraction of sp³-hybridized carbons (Fsp3) is 0.143. The van der Waals surface area contributed by atoms with Gasteiger partial charge in [0.1, 0.15) is 5.75 Å². The molecule has 144 valence electrons. The summed E-state index contributed by atoms with van der Waals surface area (Å²) in [5, 5.41) is 3.04. The highest BCUT2D eigenvalue weighted by molar-refractivity contribution is 6.32. The number of methoxy groups -OCH3 is 2. The fourth-order valence-electron chi connectivity index (χ4n) is 2.49. The highest BCUT2D eigenvalue weighted by atomic mass is 35.5. The first kappa shape index (κ1) is 19.5. The Kier molecular flexibility index (Phi) is 6.01. The van der Waals surface area contributed by atoms with Crippen molar-refractivity contribution in [3.05, 3.63) is 70.9 Å². The number of hydrogen-bond donors (Lipinski definition) is 1. The maximum absolute atomic E-state index is 12.5. The molecule has 1 heterocycles. The summed E-state index contributed by atoms with van der Waals surface area (Å²) in [5.74, 6) is 1.52. The van der Waals surface area contributed by atoms with E-state index in [2.05, 4.69) is 10.3 Å². The zero-order valence-corrected chi connectivity index (χ0v) is 16.4. The number of aromatic nitrogens is 1. The van der Waals surface area contributed by atoms with Crippen LogP contribution in [-0.2, 0) is 0 Å². The molecule has 28 heavy (non-hydrogen) atoms. The molecule has 0 aliphatic heterocycles. The van der Waals surface area contributed by atoms with E-state index in [4.69, 9.17) is 25.8 Å². The Hall–Kier alpha value is -3.25. The summed E-state index contributed by atoms with van der Waals surface area (Å²) in [5.41, 5.74) is 2.00. The van der Waals surface area contributed by atoms with Gasteiger partial charge in [0, 0.05) is 11.6 Å². The van der Waals surface area contributed by atoms with Crippen LogP contribution in [0.15, 0.2) is 54.7 Å².